The van der Waals surface area contributed by atoms with E-state index in [-0.39, 0.29) is 5.91 Å². The van der Waals surface area contributed by atoms with E-state index in [4.69, 9.17) is 0 Å². The van der Waals surface area contributed by atoms with E-state index in [1.54, 1.807) is 6.08 Å². The molecular formula is C28H24N2O. The topological polar surface area (TPSA) is 33.2 Å². The standard InChI is InChI=1S/C28H24N2O/c1-19-5-3-4-6-25(19)23-10-11-27-24(18-23)14-16-30(27)28(31)12-8-21-7-9-22-13-15-29-20(2)26(22)17-21/h3-13,15,17-18H,14,16H2,1-2H3/b12-8-. The summed E-state index contributed by atoms with van der Waals surface area (Å²) in [6, 6.07) is 23.1. The molecule has 0 aliphatic carbocycles. The van der Waals surface area contributed by atoms with E-state index in [0.29, 0.717) is 0 Å². The van der Waals surface area contributed by atoms with Crippen molar-refractivity contribution in [3.05, 3.63) is 101 Å². The van der Waals surface area contributed by atoms with Crippen LogP contribution in [0.3, 0.4) is 0 Å². The molecule has 0 N–H and O–H groups in total. The second kappa shape index (κ2) is 7.84. The van der Waals surface area contributed by atoms with Crippen LogP contribution in [-0.4, -0.2) is 17.4 Å². The first kappa shape index (κ1) is 19.3. The van der Waals surface area contributed by atoms with Gasteiger partial charge < -0.3 is 4.90 Å². The molecule has 0 saturated heterocycles. The maximum Gasteiger partial charge on any atom is 0.251 e. The lowest BCUT2D eigenvalue weighted by atomic mass is 9.98. The van der Waals surface area contributed by atoms with Crippen molar-refractivity contribution in [2.24, 2.45) is 0 Å². The molecule has 1 aliphatic heterocycles. The molecule has 4 aromatic rings. The van der Waals surface area contributed by atoms with Gasteiger partial charge in [-0.25, -0.2) is 0 Å². The highest BCUT2D eigenvalue weighted by atomic mass is 16.2. The summed E-state index contributed by atoms with van der Waals surface area (Å²) < 4.78 is 0. The van der Waals surface area contributed by atoms with Crippen LogP contribution in [0.5, 0.6) is 0 Å². The van der Waals surface area contributed by atoms with E-state index in [9.17, 15) is 4.79 Å². The van der Waals surface area contributed by atoms with Crippen LogP contribution in [0.25, 0.3) is 28.0 Å². The number of anilines is 1. The van der Waals surface area contributed by atoms with Crippen molar-refractivity contribution in [2.45, 2.75) is 20.3 Å². The van der Waals surface area contributed by atoms with Gasteiger partial charge in [0.25, 0.3) is 5.91 Å². The number of aryl methyl sites for hydroxylation is 2. The predicted octanol–water partition coefficient (Wildman–Crippen LogP) is 6.12. The molecule has 0 bridgehead atoms. The number of hydrogen-bond donors (Lipinski definition) is 0. The number of rotatable bonds is 3. The minimum absolute atomic E-state index is 0.0189. The van der Waals surface area contributed by atoms with Crippen molar-refractivity contribution in [2.75, 3.05) is 11.4 Å². The van der Waals surface area contributed by atoms with Crippen LogP contribution < -0.4 is 4.90 Å². The van der Waals surface area contributed by atoms with Crippen LogP contribution in [0.1, 0.15) is 22.4 Å². The van der Waals surface area contributed by atoms with Gasteiger partial charge in [0.2, 0.25) is 0 Å². The maximum absolute atomic E-state index is 12.9. The number of aromatic nitrogens is 1. The molecule has 3 nitrogen and oxygen atoms in total. The van der Waals surface area contributed by atoms with Gasteiger partial charge in [-0.3, -0.25) is 9.78 Å². The third-order valence-electron chi connectivity index (χ3n) is 6.10. The molecular weight excluding hydrogens is 380 g/mol. The van der Waals surface area contributed by atoms with E-state index < -0.39 is 0 Å². The summed E-state index contributed by atoms with van der Waals surface area (Å²) in [4.78, 5) is 19.2. The summed E-state index contributed by atoms with van der Waals surface area (Å²) >= 11 is 0. The Hall–Kier alpha value is -3.72. The lowest BCUT2D eigenvalue weighted by Gasteiger charge is -2.16. The summed E-state index contributed by atoms with van der Waals surface area (Å²) in [6.07, 6.45) is 6.28. The largest absolute Gasteiger partial charge is 0.308 e. The summed E-state index contributed by atoms with van der Waals surface area (Å²) in [7, 11) is 0. The maximum atomic E-state index is 12.9. The second-order valence-corrected chi connectivity index (χ2v) is 8.11. The number of carbonyl (C=O) groups is 1. The summed E-state index contributed by atoms with van der Waals surface area (Å²) in [5, 5.41) is 2.28. The third-order valence-corrected chi connectivity index (χ3v) is 6.10. The van der Waals surface area contributed by atoms with Gasteiger partial charge in [-0.1, -0.05) is 42.5 Å². The summed E-state index contributed by atoms with van der Waals surface area (Å²) in [5.41, 5.74) is 7.97. The number of pyridine rings is 1. The van der Waals surface area contributed by atoms with Gasteiger partial charge in [0.05, 0.1) is 0 Å². The minimum atomic E-state index is 0.0189. The van der Waals surface area contributed by atoms with Crippen molar-refractivity contribution in [3.63, 3.8) is 0 Å². The quantitative estimate of drug-likeness (QED) is 0.385. The molecule has 1 amide bonds. The Morgan fingerprint density at radius 3 is 2.74 bits per heavy atom. The Bertz CT molecular complexity index is 1340. The van der Waals surface area contributed by atoms with Gasteiger partial charge in [-0.05, 0) is 83.8 Å². The zero-order valence-electron chi connectivity index (χ0n) is 17.8. The highest BCUT2D eigenvalue weighted by Crippen LogP contribution is 2.33. The van der Waals surface area contributed by atoms with Crippen LogP contribution in [0.4, 0.5) is 5.69 Å². The molecule has 1 aliphatic rings. The van der Waals surface area contributed by atoms with Crippen LogP contribution >= 0.6 is 0 Å². The molecule has 3 heteroatoms. The fourth-order valence-electron chi connectivity index (χ4n) is 4.39. The lowest BCUT2D eigenvalue weighted by molar-refractivity contribution is -0.114. The van der Waals surface area contributed by atoms with Crippen molar-refractivity contribution in [1.82, 2.24) is 4.98 Å². The third kappa shape index (κ3) is 3.64. The smallest absolute Gasteiger partial charge is 0.251 e. The van der Waals surface area contributed by atoms with Crippen LogP contribution in [0, 0.1) is 13.8 Å². The van der Waals surface area contributed by atoms with E-state index in [2.05, 4.69) is 66.5 Å². The average Bonchev–Trinajstić information content (AvgIpc) is 3.21. The minimum Gasteiger partial charge on any atom is -0.308 e. The molecule has 0 unspecified atom stereocenters. The zero-order chi connectivity index (χ0) is 21.4. The monoisotopic (exact) mass is 404 g/mol. The van der Waals surface area contributed by atoms with Crippen molar-refractivity contribution >= 4 is 28.4 Å². The number of fused-ring (bicyclic) bond motifs is 2. The molecule has 5 rings (SSSR count). The normalized spacial score (nSPS) is 13.2. The summed E-state index contributed by atoms with van der Waals surface area (Å²) in [6.45, 7) is 4.86. The molecule has 0 radical (unpaired) electrons. The van der Waals surface area contributed by atoms with Crippen molar-refractivity contribution < 1.29 is 4.79 Å². The molecule has 1 aromatic heterocycles. The van der Waals surface area contributed by atoms with Crippen LogP contribution in [-0.2, 0) is 11.2 Å². The molecule has 2 heterocycles. The first-order valence-corrected chi connectivity index (χ1v) is 10.6. The SMILES string of the molecule is Cc1ccccc1-c1ccc2c(c1)CCN2C(=O)/C=C\c1ccc2ccnc(C)c2c1. The highest BCUT2D eigenvalue weighted by molar-refractivity contribution is 6.05. The Morgan fingerprint density at radius 1 is 1.00 bits per heavy atom. The Labute approximate surface area is 182 Å². The molecule has 152 valence electrons. The zero-order valence-corrected chi connectivity index (χ0v) is 17.8. The number of benzene rings is 3. The van der Waals surface area contributed by atoms with E-state index in [1.807, 2.05) is 36.2 Å². The van der Waals surface area contributed by atoms with Gasteiger partial charge >= 0.3 is 0 Å². The molecule has 31 heavy (non-hydrogen) atoms. The fourth-order valence-corrected chi connectivity index (χ4v) is 4.39. The highest BCUT2D eigenvalue weighted by Gasteiger charge is 2.23. The van der Waals surface area contributed by atoms with Gasteiger partial charge in [0.1, 0.15) is 0 Å². The number of carbonyl (C=O) groups excluding carboxylic acids is 1. The first-order valence-electron chi connectivity index (χ1n) is 10.6. The van der Waals surface area contributed by atoms with Crippen LogP contribution in [0.2, 0.25) is 0 Å². The van der Waals surface area contributed by atoms with Crippen molar-refractivity contribution in [3.8, 4) is 11.1 Å². The van der Waals surface area contributed by atoms with Gasteiger partial charge in [-0.2, -0.15) is 0 Å². The Morgan fingerprint density at radius 2 is 1.87 bits per heavy atom. The van der Waals surface area contributed by atoms with Crippen molar-refractivity contribution in [1.29, 1.82) is 0 Å². The Kier molecular flexibility index (Phi) is 4.87. The van der Waals surface area contributed by atoms with Crippen LogP contribution in [0.15, 0.2) is 79.0 Å². The molecule has 3 aromatic carbocycles. The molecule has 0 atom stereocenters. The molecule has 0 spiro atoms. The first-order chi connectivity index (χ1) is 15.1. The average molecular weight is 405 g/mol. The second-order valence-electron chi connectivity index (χ2n) is 8.11. The number of hydrogen-bond acceptors (Lipinski definition) is 2. The van der Waals surface area contributed by atoms with E-state index in [1.165, 1.54) is 22.3 Å². The molecule has 0 saturated carbocycles. The fraction of sp³-hybridized carbons (Fsp3) is 0.143. The van der Waals surface area contributed by atoms with E-state index >= 15 is 0 Å². The number of amides is 1. The van der Waals surface area contributed by atoms with Gasteiger partial charge in [-0.15, -0.1) is 0 Å². The van der Waals surface area contributed by atoms with Gasteiger partial charge in [0.15, 0.2) is 0 Å². The lowest BCUT2D eigenvalue weighted by Crippen LogP contribution is -2.26. The van der Waals surface area contributed by atoms with Gasteiger partial charge in [0, 0.05) is 35.6 Å². The summed E-state index contributed by atoms with van der Waals surface area (Å²) in [5.74, 6) is 0.0189. The Balaban J connectivity index is 1.38. The number of nitrogens with zero attached hydrogens (tertiary/aromatic N) is 2. The molecule has 0 fully saturated rings. The van der Waals surface area contributed by atoms with E-state index in [0.717, 1.165) is 40.7 Å². The predicted molar refractivity (Wildman–Crippen MR) is 128 cm³/mol.